The Kier molecular flexibility index (Phi) is 5.55. The van der Waals surface area contributed by atoms with Crippen LogP contribution in [0.1, 0.15) is 28.4 Å². The Hall–Kier alpha value is -4.46. The summed E-state index contributed by atoms with van der Waals surface area (Å²) in [6, 6.07) is 21.1. The van der Waals surface area contributed by atoms with E-state index in [0.29, 0.717) is 35.9 Å². The van der Waals surface area contributed by atoms with Crippen molar-refractivity contribution in [2.24, 2.45) is 4.99 Å². The number of carbonyl (C=O) groups is 2. The van der Waals surface area contributed by atoms with Gasteiger partial charge in [0.1, 0.15) is 6.61 Å². The number of imidazole rings is 1. The van der Waals surface area contributed by atoms with E-state index in [0.717, 1.165) is 22.3 Å². The summed E-state index contributed by atoms with van der Waals surface area (Å²) in [6.07, 6.45) is -0.571. The average Bonchev–Trinajstić information content (AvgIpc) is 3.43. The first-order valence-electron chi connectivity index (χ1n) is 10.8. The number of fused-ring (bicyclic) bond motifs is 1. The van der Waals surface area contributed by atoms with Gasteiger partial charge in [0.2, 0.25) is 0 Å². The summed E-state index contributed by atoms with van der Waals surface area (Å²) < 4.78 is 12.5. The number of aromatic carboxylic acids is 1. The topological polar surface area (TPSA) is 103 Å². The lowest BCUT2D eigenvalue weighted by Gasteiger charge is -2.12. The molecule has 1 N–H and O–H groups in total. The first-order chi connectivity index (χ1) is 16.5. The molecular weight excluding hydrogens is 434 g/mol. The maximum Gasteiger partial charge on any atom is 0.434 e. The second-order valence-electron chi connectivity index (χ2n) is 7.75. The molecule has 0 radical (unpaired) electrons. The Morgan fingerprint density at radius 1 is 1.06 bits per heavy atom. The summed E-state index contributed by atoms with van der Waals surface area (Å²) in [6.45, 7) is 2.83. The number of carboxylic acids is 1. The molecule has 1 aliphatic heterocycles. The Morgan fingerprint density at radius 3 is 2.50 bits per heavy atom. The Morgan fingerprint density at radius 2 is 1.82 bits per heavy atom. The summed E-state index contributed by atoms with van der Waals surface area (Å²) in [4.78, 5) is 31.7. The smallest absolute Gasteiger partial charge is 0.434 e. The molecule has 1 amide bonds. The zero-order valence-corrected chi connectivity index (χ0v) is 18.4. The largest absolute Gasteiger partial charge is 0.478 e. The van der Waals surface area contributed by atoms with Crippen LogP contribution >= 0.6 is 0 Å². The zero-order chi connectivity index (χ0) is 23.7. The normalized spacial score (nSPS) is 13.1. The highest BCUT2D eigenvalue weighted by Gasteiger charge is 2.21. The molecule has 1 aliphatic rings. The van der Waals surface area contributed by atoms with Crippen molar-refractivity contribution in [3.05, 3.63) is 83.4 Å². The van der Waals surface area contributed by atoms with Gasteiger partial charge in [-0.25, -0.2) is 9.59 Å². The molecule has 4 aromatic rings. The number of benzene rings is 3. The van der Waals surface area contributed by atoms with E-state index in [1.807, 2.05) is 55.5 Å². The number of para-hydroxylation sites is 1. The highest BCUT2D eigenvalue weighted by molar-refractivity contribution is 6.13. The number of aliphatic imine (C=N–C) groups is 1. The summed E-state index contributed by atoms with van der Waals surface area (Å²) in [7, 11) is 0. The number of nitrogens with zero attached hydrogens (tertiary/aromatic N) is 3. The lowest BCUT2D eigenvalue weighted by Crippen LogP contribution is -2.08. The van der Waals surface area contributed by atoms with Gasteiger partial charge in [-0.05, 0) is 35.7 Å². The molecule has 0 saturated carbocycles. The Balaban J connectivity index is 1.51. The van der Waals surface area contributed by atoms with Crippen LogP contribution in [0.15, 0.2) is 71.7 Å². The predicted octanol–water partition coefficient (Wildman–Crippen LogP) is 4.79. The standard InChI is InChI=1S/C26H21N3O5/c1-2-33-25-27-21-9-5-8-20(24(30)31)23(21)29(25)14-16-10-12-17(13-11-16)18-6-3-4-7-19(18)22-15-34-26(32)28-22/h3-13H,2,14-15H2,1H3,(H,30,31). The van der Waals surface area contributed by atoms with Crippen LogP contribution in [0.2, 0.25) is 0 Å². The van der Waals surface area contributed by atoms with E-state index >= 15 is 0 Å². The molecule has 8 nitrogen and oxygen atoms in total. The van der Waals surface area contributed by atoms with Crippen molar-refractivity contribution >= 4 is 28.8 Å². The maximum atomic E-state index is 11.8. The number of hydrogen-bond donors (Lipinski definition) is 1. The quantitative estimate of drug-likeness (QED) is 0.430. The minimum absolute atomic E-state index is 0.160. The van der Waals surface area contributed by atoms with Crippen LogP contribution in [0.4, 0.5) is 4.79 Å². The van der Waals surface area contributed by atoms with E-state index in [1.54, 1.807) is 22.8 Å². The fourth-order valence-electron chi connectivity index (χ4n) is 4.12. The van der Waals surface area contributed by atoms with Crippen molar-refractivity contribution in [1.29, 1.82) is 0 Å². The number of ether oxygens (including phenoxy) is 2. The summed E-state index contributed by atoms with van der Waals surface area (Å²) >= 11 is 0. The third-order valence-corrected chi connectivity index (χ3v) is 5.64. The number of cyclic esters (lactones) is 1. The fraction of sp³-hybridized carbons (Fsp3) is 0.154. The zero-order valence-electron chi connectivity index (χ0n) is 18.4. The minimum atomic E-state index is -1.01. The highest BCUT2D eigenvalue weighted by atomic mass is 16.6. The second kappa shape index (κ2) is 8.82. The molecule has 0 saturated heterocycles. The van der Waals surface area contributed by atoms with E-state index in [-0.39, 0.29) is 12.2 Å². The number of carboxylic acid groups (broad SMARTS) is 1. The van der Waals surface area contributed by atoms with Gasteiger partial charge in [0.05, 0.1) is 35.5 Å². The van der Waals surface area contributed by atoms with Gasteiger partial charge in [-0.2, -0.15) is 9.98 Å². The highest BCUT2D eigenvalue weighted by Crippen LogP contribution is 2.29. The number of rotatable bonds is 7. The molecule has 3 aromatic carbocycles. The lowest BCUT2D eigenvalue weighted by atomic mass is 9.96. The number of amides is 1. The van der Waals surface area contributed by atoms with Crippen molar-refractivity contribution in [2.75, 3.05) is 13.2 Å². The molecule has 34 heavy (non-hydrogen) atoms. The molecule has 2 heterocycles. The molecule has 0 fully saturated rings. The predicted molar refractivity (Wildman–Crippen MR) is 127 cm³/mol. The minimum Gasteiger partial charge on any atom is -0.478 e. The maximum absolute atomic E-state index is 11.8. The molecule has 0 spiro atoms. The van der Waals surface area contributed by atoms with Gasteiger partial charge in [0, 0.05) is 5.56 Å². The van der Waals surface area contributed by atoms with E-state index in [2.05, 4.69) is 9.98 Å². The second-order valence-corrected chi connectivity index (χ2v) is 7.75. The first kappa shape index (κ1) is 21.4. The van der Waals surface area contributed by atoms with Crippen LogP contribution in [-0.2, 0) is 11.3 Å². The summed E-state index contributed by atoms with van der Waals surface area (Å²) in [5.74, 6) is -1.01. The summed E-state index contributed by atoms with van der Waals surface area (Å²) in [5.41, 5.74) is 5.60. The van der Waals surface area contributed by atoms with Crippen molar-refractivity contribution in [2.45, 2.75) is 13.5 Å². The van der Waals surface area contributed by atoms with Crippen molar-refractivity contribution in [3.8, 4) is 17.1 Å². The van der Waals surface area contributed by atoms with Gasteiger partial charge in [-0.1, -0.05) is 54.6 Å². The Labute approximate surface area is 195 Å². The monoisotopic (exact) mass is 455 g/mol. The molecule has 170 valence electrons. The molecule has 8 heteroatoms. The average molecular weight is 455 g/mol. The van der Waals surface area contributed by atoms with Crippen LogP contribution < -0.4 is 4.74 Å². The van der Waals surface area contributed by atoms with Gasteiger partial charge in [-0.15, -0.1) is 0 Å². The Bertz CT molecular complexity index is 1440. The third-order valence-electron chi connectivity index (χ3n) is 5.64. The van der Waals surface area contributed by atoms with Gasteiger partial charge >= 0.3 is 12.1 Å². The van der Waals surface area contributed by atoms with Gasteiger partial charge in [0.15, 0.2) is 0 Å². The van der Waals surface area contributed by atoms with Crippen LogP contribution in [0.25, 0.3) is 22.2 Å². The molecule has 5 rings (SSSR count). The molecule has 1 aromatic heterocycles. The van der Waals surface area contributed by atoms with E-state index in [4.69, 9.17) is 9.47 Å². The van der Waals surface area contributed by atoms with Crippen LogP contribution in [-0.4, -0.2) is 45.6 Å². The third kappa shape index (κ3) is 3.90. The van der Waals surface area contributed by atoms with Crippen molar-refractivity contribution in [1.82, 2.24) is 9.55 Å². The van der Waals surface area contributed by atoms with Crippen LogP contribution in [0.5, 0.6) is 6.01 Å². The van der Waals surface area contributed by atoms with Crippen molar-refractivity contribution < 1.29 is 24.2 Å². The van der Waals surface area contributed by atoms with E-state index in [9.17, 15) is 14.7 Å². The number of carbonyl (C=O) groups excluding carboxylic acids is 1. The van der Waals surface area contributed by atoms with Crippen LogP contribution in [0, 0.1) is 0 Å². The van der Waals surface area contributed by atoms with E-state index in [1.165, 1.54) is 0 Å². The van der Waals surface area contributed by atoms with Crippen LogP contribution in [0.3, 0.4) is 0 Å². The molecular formula is C26H21N3O5. The van der Waals surface area contributed by atoms with Crippen molar-refractivity contribution in [3.63, 3.8) is 0 Å². The van der Waals surface area contributed by atoms with Gasteiger partial charge in [-0.3, -0.25) is 4.57 Å². The summed E-state index contributed by atoms with van der Waals surface area (Å²) in [5, 5.41) is 9.69. The first-order valence-corrected chi connectivity index (χ1v) is 10.8. The number of hydrogen-bond acceptors (Lipinski definition) is 5. The molecule has 0 aliphatic carbocycles. The van der Waals surface area contributed by atoms with Gasteiger partial charge < -0.3 is 14.6 Å². The lowest BCUT2D eigenvalue weighted by molar-refractivity contribution is 0.0698. The fourth-order valence-corrected chi connectivity index (χ4v) is 4.12. The molecule has 0 unspecified atom stereocenters. The van der Waals surface area contributed by atoms with Gasteiger partial charge in [0.25, 0.3) is 6.01 Å². The van der Waals surface area contributed by atoms with E-state index < -0.39 is 12.1 Å². The SMILES string of the molecule is CCOc1nc2cccc(C(=O)O)c2n1Cc1ccc(-c2ccccc2C2=NC(=O)OC2)cc1. The molecule has 0 atom stereocenters. The molecule has 0 bridgehead atoms. The number of aromatic nitrogens is 2.